The molecule has 1 fully saturated rings. The third kappa shape index (κ3) is 4.32. The summed E-state index contributed by atoms with van der Waals surface area (Å²) in [7, 11) is 0. The number of nitrogens with two attached hydrogens (primary N) is 1. The van der Waals surface area contributed by atoms with Gasteiger partial charge < -0.3 is 10.6 Å². The van der Waals surface area contributed by atoms with Crippen LogP contribution >= 0.6 is 0 Å². The van der Waals surface area contributed by atoms with Crippen LogP contribution in [0.15, 0.2) is 48.7 Å². The van der Waals surface area contributed by atoms with Crippen molar-refractivity contribution in [2.24, 2.45) is 0 Å². The van der Waals surface area contributed by atoms with Crippen molar-refractivity contribution in [3.63, 3.8) is 0 Å². The Morgan fingerprint density at radius 1 is 1.04 bits per heavy atom. The minimum absolute atomic E-state index is 0.218. The summed E-state index contributed by atoms with van der Waals surface area (Å²) in [6, 6.07) is 13.7. The van der Waals surface area contributed by atoms with Crippen molar-refractivity contribution in [2.45, 2.75) is 19.4 Å². The van der Waals surface area contributed by atoms with E-state index in [2.05, 4.69) is 9.88 Å². The molecule has 0 bridgehead atoms. The van der Waals surface area contributed by atoms with Crippen LogP contribution in [0.2, 0.25) is 0 Å². The quantitative estimate of drug-likeness (QED) is 0.854. The number of aromatic nitrogens is 1. The van der Waals surface area contributed by atoms with Crippen LogP contribution in [0.25, 0.3) is 0 Å². The number of nitrogen functional groups attached to an aromatic ring is 1. The van der Waals surface area contributed by atoms with E-state index in [4.69, 9.17) is 5.73 Å². The van der Waals surface area contributed by atoms with Gasteiger partial charge in [-0.2, -0.15) is 0 Å². The standard InChI is InChI=1S/C19H24N4O/c20-18-7-2-1-5-16(18)8-9-19(24)23-13-11-22(12-14-23)15-17-6-3-4-10-21-17/h1-7,10H,8-9,11-15,20H2. The Labute approximate surface area is 143 Å². The van der Waals surface area contributed by atoms with Crippen LogP contribution < -0.4 is 5.73 Å². The molecule has 1 saturated heterocycles. The molecule has 1 aromatic carbocycles. The van der Waals surface area contributed by atoms with Crippen LogP contribution in [0, 0.1) is 0 Å². The van der Waals surface area contributed by atoms with Crippen molar-refractivity contribution < 1.29 is 4.79 Å². The zero-order valence-corrected chi connectivity index (χ0v) is 13.9. The molecular formula is C19H24N4O. The van der Waals surface area contributed by atoms with E-state index in [0.29, 0.717) is 12.8 Å². The molecule has 5 nitrogen and oxygen atoms in total. The summed E-state index contributed by atoms with van der Waals surface area (Å²) in [5, 5.41) is 0. The average Bonchev–Trinajstić information content (AvgIpc) is 2.62. The maximum Gasteiger partial charge on any atom is 0.222 e. The molecule has 1 aliphatic heterocycles. The van der Waals surface area contributed by atoms with E-state index < -0.39 is 0 Å². The highest BCUT2D eigenvalue weighted by atomic mass is 16.2. The van der Waals surface area contributed by atoms with Crippen LogP contribution in [0.5, 0.6) is 0 Å². The van der Waals surface area contributed by atoms with E-state index in [1.807, 2.05) is 53.6 Å². The second kappa shape index (κ2) is 7.93. The van der Waals surface area contributed by atoms with Gasteiger partial charge in [-0.25, -0.2) is 0 Å². The maximum absolute atomic E-state index is 12.4. The highest BCUT2D eigenvalue weighted by Gasteiger charge is 2.21. The van der Waals surface area contributed by atoms with Gasteiger partial charge in [0.25, 0.3) is 0 Å². The maximum atomic E-state index is 12.4. The Morgan fingerprint density at radius 3 is 2.50 bits per heavy atom. The van der Waals surface area contributed by atoms with Gasteiger partial charge in [0.1, 0.15) is 0 Å². The van der Waals surface area contributed by atoms with Crippen molar-refractivity contribution in [1.82, 2.24) is 14.8 Å². The van der Waals surface area contributed by atoms with E-state index in [0.717, 1.165) is 49.7 Å². The van der Waals surface area contributed by atoms with Crippen LogP contribution in [-0.2, 0) is 17.8 Å². The van der Waals surface area contributed by atoms with Crippen molar-refractivity contribution in [3.05, 3.63) is 59.9 Å². The van der Waals surface area contributed by atoms with Gasteiger partial charge in [0.15, 0.2) is 0 Å². The first-order chi connectivity index (χ1) is 11.7. The molecule has 1 aliphatic rings. The number of anilines is 1. The molecule has 2 N–H and O–H groups in total. The van der Waals surface area contributed by atoms with Crippen LogP contribution in [0.4, 0.5) is 5.69 Å². The summed E-state index contributed by atoms with van der Waals surface area (Å²) >= 11 is 0. The molecule has 24 heavy (non-hydrogen) atoms. The lowest BCUT2D eigenvalue weighted by atomic mass is 10.1. The first kappa shape index (κ1) is 16.5. The van der Waals surface area contributed by atoms with Crippen molar-refractivity contribution in [3.8, 4) is 0 Å². The number of rotatable bonds is 5. The largest absolute Gasteiger partial charge is 0.399 e. The second-order valence-corrected chi connectivity index (χ2v) is 6.18. The molecule has 5 heteroatoms. The van der Waals surface area contributed by atoms with E-state index in [1.165, 1.54) is 0 Å². The monoisotopic (exact) mass is 324 g/mol. The topological polar surface area (TPSA) is 62.5 Å². The Kier molecular flexibility index (Phi) is 5.43. The second-order valence-electron chi connectivity index (χ2n) is 6.18. The number of amides is 1. The number of pyridine rings is 1. The van der Waals surface area contributed by atoms with Crippen molar-refractivity contribution in [1.29, 1.82) is 0 Å². The number of hydrogen-bond donors (Lipinski definition) is 1. The van der Waals surface area contributed by atoms with E-state index in [1.54, 1.807) is 0 Å². The smallest absolute Gasteiger partial charge is 0.222 e. The zero-order chi connectivity index (χ0) is 16.8. The van der Waals surface area contributed by atoms with Crippen LogP contribution in [-0.4, -0.2) is 46.9 Å². The molecule has 2 aromatic rings. The molecule has 0 atom stereocenters. The highest BCUT2D eigenvalue weighted by molar-refractivity contribution is 5.76. The zero-order valence-electron chi connectivity index (χ0n) is 13.9. The minimum Gasteiger partial charge on any atom is -0.399 e. The van der Waals surface area contributed by atoms with Gasteiger partial charge in [-0.15, -0.1) is 0 Å². The predicted octanol–water partition coefficient (Wildman–Crippen LogP) is 1.94. The molecular weight excluding hydrogens is 300 g/mol. The summed E-state index contributed by atoms with van der Waals surface area (Å²) in [6.07, 6.45) is 3.05. The Bertz CT molecular complexity index is 666. The molecule has 0 spiro atoms. The number of benzene rings is 1. The lowest BCUT2D eigenvalue weighted by molar-refractivity contribution is -0.133. The fourth-order valence-corrected chi connectivity index (χ4v) is 3.04. The summed E-state index contributed by atoms with van der Waals surface area (Å²) in [4.78, 5) is 21.1. The third-order valence-corrected chi connectivity index (χ3v) is 4.50. The fraction of sp³-hybridized carbons (Fsp3) is 0.368. The van der Waals surface area contributed by atoms with Gasteiger partial charge in [-0.1, -0.05) is 24.3 Å². The molecule has 2 heterocycles. The first-order valence-corrected chi connectivity index (χ1v) is 8.46. The number of carbonyl (C=O) groups is 1. The number of carbonyl (C=O) groups excluding carboxylic acids is 1. The van der Waals surface area contributed by atoms with E-state index in [9.17, 15) is 4.79 Å². The number of piperazine rings is 1. The molecule has 0 radical (unpaired) electrons. The van der Waals surface area contributed by atoms with Gasteiger partial charge >= 0.3 is 0 Å². The Hall–Kier alpha value is -2.40. The third-order valence-electron chi connectivity index (χ3n) is 4.50. The van der Waals surface area contributed by atoms with Crippen molar-refractivity contribution in [2.75, 3.05) is 31.9 Å². The fourth-order valence-electron chi connectivity index (χ4n) is 3.04. The summed E-state index contributed by atoms with van der Waals surface area (Å²) < 4.78 is 0. The summed E-state index contributed by atoms with van der Waals surface area (Å²) in [5.41, 5.74) is 8.84. The van der Waals surface area contributed by atoms with Gasteiger partial charge in [0, 0.05) is 51.0 Å². The predicted molar refractivity (Wildman–Crippen MR) is 95.3 cm³/mol. The molecule has 0 unspecified atom stereocenters. The van der Waals surface area contributed by atoms with Crippen molar-refractivity contribution >= 4 is 11.6 Å². The molecule has 0 aliphatic carbocycles. The number of para-hydroxylation sites is 1. The highest BCUT2D eigenvalue weighted by Crippen LogP contribution is 2.14. The van der Waals surface area contributed by atoms with Gasteiger partial charge in [-0.05, 0) is 30.2 Å². The number of hydrogen-bond acceptors (Lipinski definition) is 4. The molecule has 126 valence electrons. The Balaban J connectivity index is 1.44. The van der Waals surface area contributed by atoms with Crippen LogP contribution in [0.3, 0.4) is 0 Å². The van der Waals surface area contributed by atoms with E-state index in [-0.39, 0.29) is 5.91 Å². The average molecular weight is 324 g/mol. The first-order valence-electron chi connectivity index (χ1n) is 8.46. The molecule has 0 saturated carbocycles. The van der Waals surface area contributed by atoms with Crippen LogP contribution in [0.1, 0.15) is 17.7 Å². The SMILES string of the molecule is Nc1ccccc1CCC(=O)N1CCN(Cc2ccccn2)CC1. The Morgan fingerprint density at radius 2 is 1.79 bits per heavy atom. The lowest BCUT2D eigenvalue weighted by Gasteiger charge is -2.34. The molecule has 3 rings (SSSR count). The molecule has 1 amide bonds. The van der Waals surface area contributed by atoms with Gasteiger partial charge in [0.05, 0.1) is 5.69 Å². The molecule has 1 aromatic heterocycles. The normalized spacial score (nSPS) is 15.4. The van der Waals surface area contributed by atoms with Gasteiger partial charge in [0.2, 0.25) is 5.91 Å². The van der Waals surface area contributed by atoms with Gasteiger partial charge in [-0.3, -0.25) is 14.7 Å². The summed E-state index contributed by atoms with van der Waals surface area (Å²) in [6.45, 7) is 4.22. The number of aryl methyl sites for hydroxylation is 1. The summed E-state index contributed by atoms with van der Waals surface area (Å²) in [5.74, 6) is 0.218. The van der Waals surface area contributed by atoms with E-state index >= 15 is 0 Å². The number of nitrogens with zero attached hydrogens (tertiary/aromatic N) is 3. The lowest BCUT2D eigenvalue weighted by Crippen LogP contribution is -2.48. The minimum atomic E-state index is 0.218.